The molecule has 0 radical (unpaired) electrons. The van der Waals surface area contributed by atoms with Crippen molar-refractivity contribution in [3.05, 3.63) is 23.8 Å². The molecule has 4 nitrogen and oxygen atoms in total. The van der Waals surface area contributed by atoms with Crippen LogP contribution < -0.4 is 14.8 Å². The Morgan fingerprint density at radius 2 is 1.84 bits per heavy atom. The summed E-state index contributed by atoms with van der Waals surface area (Å²) in [6, 6.07) is 7.33. The molecule has 0 spiro atoms. The molecule has 19 heavy (non-hydrogen) atoms. The molecule has 0 aliphatic carbocycles. The summed E-state index contributed by atoms with van der Waals surface area (Å²) in [5.74, 6) is 1.74. The Labute approximate surface area is 114 Å². The fourth-order valence-corrected chi connectivity index (χ4v) is 3.32. The van der Waals surface area contributed by atoms with Gasteiger partial charge in [0.25, 0.3) is 0 Å². The van der Waals surface area contributed by atoms with Crippen LogP contribution in [0.25, 0.3) is 0 Å². The van der Waals surface area contributed by atoms with Gasteiger partial charge < -0.3 is 14.8 Å². The maximum Gasteiger partial charge on any atom is 0.122 e. The zero-order valence-electron chi connectivity index (χ0n) is 11.7. The van der Waals surface area contributed by atoms with Crippen molar-refractivity contribution < 1.29 is 9.47 Å². The number of fused-ring (bicyclic) bond motifs is 1. The van der Waals surface area contributed by atoms with E-state index in [1.807, 2.05) is 6.07 Å². The van der Waals surface area contributed by atoms with Gasteiger partial charge in [0.05, 0.1) is 14.2 Å². The number of piperazine rings is 1. The molecule has 4 heteroatoms. The largest absolute Gasteiger partial charge is 0.497 e. The van der Waals surface area contributed by atoms with Gasteiger partial charge in [-0.15, -0.1) is 0 Å². The molecule has 3 rings (SSSR count). The zero-order valence-corrected chi connectivity index (χ0v) is 11.7. The Balaban J connectivity index is 1.91. The monoisotopic (exact) mass is 262 g/mol. The quantitative estimate of drug-likeness (QED) is 0.901. The fraction of sp³-hybridized carbons (Fsp3) is 0.600. The van der Waals surface area contributed by atoms with E-state index in [1.54, 1.807) is 14.2 Å². The van der Waals surface area contributed by atoms with Crippen LogP contribution in [-0.2, 0) is 0 Å². The highest BCUT2D eigenvalue weighted by Crippen LogP contribution is 2.34. The van der Waals surface area contributed by atoms with Crippen molar-refractivity contribution in [2.45, 2.75) is 24.9 Å². The number of benzene rings is 1. The van der Waals surface area contributed by atoms with E-state index in [-0.39, 0.29) is 0 Å². The van der Waals surface area contributed by atoms with Gasteiger partial charge in [-0.3, -0.25) is 4.90 Å². The molecule has 2 aliphatic heterocycles. The number of nitrogens with zero attached hydrogens (tertiary/aromatic N) is 1. The van der Waals surface area contributed by atoms with Crippen LogP contribution in [0.4, 0.5) is 0 Å². The van der Waals surface area contributed by atoms with Crippen LogP contribution in [0.1, 0.15) is 24.4 Å². The molecule has 2 saturated heterocycles. The second-order valence-electron chi connectivity index (χ2n) is 5.35. The Bertz CT molecular complexity index is 428. The van der Waals surface area contributed by atoms with Gasteiger partial charge in [-0.25, -0.2) is 0 Å². The Morgan fingerprint density at radius 3 is 2.53 bits per heavy atom. The van der Waals surface area contributed by atoms with Gasteiger partial charge in [0.2, 0.25) is 0 Å². The minimum absolute atomic E-state index is 0.435. The van der Waals surface area contributed by atoms with E-state index in [4.69, 9.17) is 9.47 Å². The second kappa shape index (κ2) is 5.39. The Morgan fingerprint density at radius 1 is 1.11 bits per heavy atom. The summed E-state index contributed by atoms with van der Waals surface area (Å²) in [4.78, 5) is 2.63. The molecule has 0 aromatic heterocycles. The predicted molar refractivity (Wildman–Crippen MR) is 74.9 cm³/mol. The summed E-state index contributed by atoms with van der Waals surface area (Å²) in [6.07, 6.45) is 2.62. The summed E-state index contributed by atoms with van der Waals surface area (Å²) >= 11 is 0. The first-order chi connectivity index (χ1) is 9.31. The minimum atomic E-state index is 0.435. The molecule has 104 valence electrons. The van der Waals surface area contributed by atoms with Gasteiger partial charge in [-0.2, -0.15) is 0 Å². The first-order valence-electron chi connectivity index (χ1n) is 7.01. The molecule has 2 heterocycles. The molecule has 2 fully saturated rings. The molecule has 1 aromatic carbocycles. The maximum absolute atomic E-state index is 5.38. The van der Waals surface area contributed by atoms with Crippen LogP contribution in [0, 0.1) is 0 Å². The molecule has 1 aromatic rings. The van der Waals surface area contributed by atoms with Gasteiger partial charge in [-0.05, 0) is 37.1 Å². The van der Waals surface area contributed by atoms with Crippen LogP contribution in [0.2, 0.25) is 0 Å². The highest BCUT2D eigenvalue weighted by Gasteiger charge is 2.34. The summed E-state index contributed by atoms with van der Waals surface area (Å²) in [6.45, 7) is 3.33. The third-order valence-electron chi connectivity index (χ3n) is 4.30. The van der Waals surface area contributed by atoms with Crippen molar-refractivity contribution in [1.82, 2.24) is 10.2 Å². The lowest BCUT2D eigenvalue weighted by atomic mass is 10.0. The summed E-state index contributed by atoms with van der Waals surface area (Å²) in [5.41, 5.74) is 1.29. The first-order valence-corrected chi connectivity index (χ1v) is 7.01. The average molecular weight is 262 g/mol. The van der Waals surface area contributed by atoms with Gasteiger partial charge >= 0.3 is 0 Å². The lowest BCUT2D eigenvalue weighted by Crippen LogP contribution is -2.49. The molecule has 0 amide bonds. The molecular weight excluding hydrogens is 240 g/mol. The number of hydrogen-bond donors (Lipinski definition) is 1. The number of hydrogen-bond acceptors (Lipinski definition) is 4. The average Bonchev–Trinajstić information content (AvgIpc) is 2.94. The molecule has 2 unspecified atom stereocenters. The third kappa shape index (κ3) is 2.42. The van der Waals surface area contributed by atoms with Crippen LogP contribution in [0.3, 0.4) is 0 Å². The van der Waals surface area contributed by atoms with Gasteiger partial charge in [-0.1, -0.05) is 0 Å². The predicted octanol–water partition coefficient (Wildman–Crippen LogP) is 1.81. The van der Waals surface area contributed by atoms with Crippen LogP contribution in [0.5, 0.6) is 11.5 Å². The van der Waals surface area contributed by atoms with E-state index < -0.39 is 0 Å². The van der Waals surface area contributed by atoms with Gasteiger partial charge in [0.15, 0.2) is 0 Å². The summed E-state index contributed by atoms with van der Waals surface area (Å²) in [5, 5.41) is 3.56. The second-order valence-corrected chi connectivity index (χ2v) is 5.35. The number of methoxy groups -OCH3 is 2. The summed E-state index contributed by atoms with van der Waals surface area (Å²) < 4.78 is 10.8. The van der Waals surface area contributed by atoms with Gasteiger partial charge in [0.1, 0.15) is 11.5 Å². The molecule has 2 aliphatic rings. The van der Waals surface area contributed by atoms with E-state index in [2.05, 4.69) is 22.3 Å². The van der Waals surface area contributed by atoms with E-state index >= 15 is 0 Å². The van der Waals surface area contributed by atoms with Crippen molar-refractivity contribution in [2.24, 2.45) is 0 Å². The fourth-order valence-electron chi connectivity index (χ4n) is 3.32. The minimum Gasteiger partial charge on any atom is -0.497 e. The zero-order chi connectivity index (χ0) is 13.2. The van der Waals surface area contributed by atoms with Crippen molar-refractivity contribution in [2.75, 3.05) is 33.9 Å². The first kappa shape index (κ1) is 12.8. The molecule has 2 atom stereocenters. The van der Waals surface area contributed by atoms with Crippen molar-refractivity contribution in [3.8, 4) is 11.5 Å². The van der Waals surface area contributed by atoms with E-state index in [0.29, 0.717) is 12.1 Å². The summed E-state index contributed by atoms with van der Waals surface area (Å²) in [7, 11) is 3.41. The molecular formula is C15H22N2O2. The Kier molecular flexibility index (Phi) is 3.62. The molecule has 0 bridgehead atoms. The number of rotatable bonds is 3. The maximum atomic E-state index is 5.38. The molecule has 0 saturated carbocycles. The van der Waals surface area contributed by atoms with E-state index in [1.165, 1.54) is 24.9 Å². The lowest BCUT2D eigenvalue weighted by molar-refractivity contribution is 0.138. The van der Waals surface area contributed by atoms with Gasteiger partial charge in [0, 0.05) is 31.2 Å². The third-order valence-corrected chi connectivity index (χ3v) is 4.30. The van der Waals surface area contributed by atoms with Crippen LogP contribution in [-0.4, -0.2) is 44.8 Å². The highest BCUT2D eigenvalue weighted by molar-refractivity contribution is 5.40. The Hall–Kier alpha value is -1.26. The van der Waals surface area contributed by atoms with Crippen molar-refractivity contribution in [3.63, 3.8) is 0 Å². The standard InChI is InChI=1S/C15H22N2O2/c1-18-13-6-11(7-14(8-13)19-2)15-10-16-9-12-4-3-5-17(12)15/h6-8,12,15-16H,3-5,9-10H2,1-2H3. The number of nitrogens with one attached hydrogen (secondary N) is 1. The van der Waals surface area contributed by atoms with E-state index in [0.717, 1.165) is 24.6 Å². The topological polar surface area (TPSA) is 33.7 Å². The highest BCUT2D eigenvalue weighted by atomic mass is 16.5. The van der Waals surface area contributed by atoms with Crippen LogP contribution >= 0.6 is 0 Å². The smallest absolute Gasteiger partial charge is 0.122 e. The lowest BCUT2D eigenvalue weighted by Gasteiger charge is -2.38. The normalized spacial score (nSPS) is 27.1. The van der Waals surface area contributed by atoms with Crippen molar-refractivity contribution >= 4 is 0 Å². The van der Waals surface area contributed by atoms with Crippen LogP contribution in [0.15, 0.2) is 18.2 Å². The van der Waals surface area contributed by atoms with Crippen molar-refractivity contribution in [1.29, 1.82) is 0 Å². The van der Waals surface area contributed by atoms with E-state index in [9.17, 15) is 0 Å². The SMILES string of the molecule is COc1cc(OC)cc(C2CNCC3CCCN32)c1. The molecule has 1 N–H and O–H groups in total. The number of ether oxygens (including phenoxy) is 2.